The van der Waals surface area contributed by atoms with Crippen LogP contribution in [0.5, 0.6) is 0 Å². The van der Waals surface area contributed by atoms with E-state index in [1.165, 1.54) is 12.1 Å². The van der Waals surface area contributed by atoms with Crippen molar-refractivity contribution in [1.82, 2.24) is 20.1 Å². The van der Waals surface area contributed by atoms with Gasteiger partial charge in [0.25, 0.3) is 5.91 Å². The molecule has 2 aliphatic rings. The Morgan fingerprint density at radius 1 is 1.36 bits per heavy atom. The third kappa shape index (κ3) is 3.04. The van der Waals surface area contributed by atoms with Gasteiger partial charge in [-0.05, 0) is 56.4 Å². The van der Waals surface area contributed by atoms with E-state index in [4.69, 9.17) is 0 Å². The molecule has 7 heteroatoms. The van der Waals surface area contributed by atoms with E-state index >= 15 is 0 Å². The van der Waals surface area contributed by atoms with Gasteiger partial charge in [-0.25, -0.2) is 4.39 Å². The summed E-state index contributed by atoms with van der Waals surface area (Å²) in [6.45, 7) is 1.55. The maximum Gasteiger partial charge on any atom is 0.251 e. The number of aliphatic hydroxyl groups is 1. The minimum Gasteiger partial charge on any atom is -0.388 e. The molecule has 2 aliphatic carbocycles. The standard InChI is InChI=1S/C18H21FN4O2/c1-10-6-11(2-5-15(10)19)18(25)20-13-7-12(8-13)17-22-21-16(9-24)23(17)14-3-4-14/h2,5-6,12-14,24H,3-4,7-9H2,1H3,(H,20,25). The highest BCUT2D eigenvalue weighted by Gasteiger charge is 2.38. The fraction of sp³-hybridized carbons (Fsp3) is 0.500. The molecule has 1 aromatic carbocycles. The van der Waals surface area contributed by atoms with Gasteiger partial charge in [-0.3, -0.25) is 4.79 Å². The Labute approximate surface area is 145 Å². The van der Waals surface area contributed by atoms with Crippen LogP contribution in [0.1, 0.15) is 65.2 Å². The molecular weight excluding hydrogens is 323 g/mol. The molecule has 2 saturated carbocycles. The Morgan fingerprint density at radius 2 is 2.12 bits per heavy atom. The number of nitrogens with zero attached hydrogens (tertiary/aromatic N) is 3. The molecule has 0 unspecified atom stereocenters. The molecular formula is C18H21FN4O2. The van der Waals surface area contributed by atoms with Crippen LogP contribution in [0.2, 0.25) is 0 Å². The van der Waals surface area contributed by atoms with E-state index < -0.39 is 0 Å². The van der Waals surface area contributed by atoms with Gasteiger partial charge in [-0.15, -0.1) is 10.2 Å². The van der Waals surface area contributed by atoms with E-state index in [-0.39, 0.29) is 30.3 Å². The molecule has 2 aromatic rings. The van der Waals surface area contributed by atoms with Gasteiger partial charge in [-0.2, -0.15) is 0 Å². The Hall–Kier alpha value is -2.28. The van der Waals surface area contributed by atoms with Crippen LogP contribution in [0.3, 0.4) is 0 Å². The first-order valence-electron chi connectivity index (χ1n) is 8.68. The Morgan fingerprint density at radius 3 is 2.76 bits per heavy atom. The normalized spacial score (nSPS) is 22.5. The maximum absolute atomic E-state index is 13.3. The number of aromatic nitrogens is 3. The third-order valence-electron chi connectivity index (χ3n) is 5.10. The van der Waals surface area contributed by atoms with Gasteiger partial charge in [0, 0.05) is 23.6 Å². The lowest BCUT2D eigenvalue weighted by Gasteiger charge is -2.35. The second kappa shape index (κ2) is 6.22. The number of carbonyl (C=O) groups is 1. The highest BCUT2D eigenvalue weighted by molar-refractivity contribution is 5.94. The number of amides is 1. The van der Waals surface area contributed by atoms with E-state index in [1.54, 1.807) is 13.0 Å². The van der Waals surface area contributed by atoms with Crippen LogP contribution < -0.4 is 5.32 Å². The lowest BCUT2D eigenvalue weighted by Crippen LogP contribution is -2.44. The average Bonchev–Trinajstić information content (AvgIpc) is 3.32. The first kappa shape index (κ1) is 16.2. The summed E-state index contributed by atoms with van der Waals surface area (Å²) in [6.07, 6.45) is 3.83. The molecule has 2 fully saturated rings. The van der Waals surface area contributed by atoms with Gasteiger partial charge >= 0.3 is 0 Å². The molecule has 0 bridgehead atoms. The lowest BCUT2D eigenvalue weighted by atomic mass is 9.79. The first-order chi connectivity index (χ1) is 12.1. The quantitative estimate of drug-likeness (QED) is 0.872. The zero-order valence-electron chi connectivity index (χ0n) is 14.1. The predicted molar refractivity (Wildman–Crippen MR) is 88.6 cm³/mol. The first-order valence-corrected chi connectivity index (χ1v) is 8.68. The van der Waals surface area contributed by atoms with Crippen molar-refractivity contribution in [2.45, 2.75) is 57.2 Å². The summed E-state index contributed by atoms with van der Waals surface area (Å²) >= 11 is 0. The second-order valence-corrected chi connectivity index (χ2v) is 7.04. The molecule has 25 heavy (non-hydrogen) atoms. The molecule has 0 saturated heterocycles. The summed E-state index contributed by atoms with van der Waals surface area (Å²) in [5.74, 6) is 1.33. The highest BCUT2D eigenvalue weighted by Crippen LogP contribution is 2.42. The second-order valence-electron chi connectivity index (χ2n) is 7.04. The van der Waals surface area contributed by atoms with Crippen LogP contribution in [-0.4, -0.2) is 31.8 Å². The molecule has 1 aromatic heterocycles. The topological polar surface area (TPSA) is 80.0 Å². The van der Waals surface area contributed by atoms with Crippen molar-refractivity contribution in [3.8, 4) is 0 Å². The summed E-state index contributed by atoms with van der Waals surface area (Å²) < 4.78 is 15.4. The van der Waals surface area contributed by atoms with E-state index in [1.807, 2.05) is 0 Å². The maximum atomic E-state index is 13.3. The van der Waals surface area contributed by atoms with Crippen molar-refractivity contribution in [1.29, 1.82) is 0 Å². The summed E-state index contributed by atoms with van der Waals surface area (Å²) in [5.41, 5.74) is 0.944. The number of nitrogens with one attached hydrogen (secondary N) is 1. The largest absolute Gasteiger partial charge is 0.388 e. The molecule has 0 spiro atoms. The van der Waals surface area contributed by atoms with Crippen molar-refractivity contribution < 1.29 is 14.3 Å². The number of aryl methyl sites for hydroxylation is 1. The molecule has 2 N–H and O–H groups in total. The number of carbonyl (C=O) groups excluding carboxylic acids is 1. The van der Waals surface area contributed by atoms with E-state index in [0.717, 1.165) is 31.5 Å². The van der Waals surface area contributed by atoms with Crippen molar-refractivity contribution in [2.75, 3.05) is 0 Å². The van der Waals surface area contributed by atoms with Crippen LogP contribution in [0.25, 0.3) is 0 Å². The molecule has 6 nitrogen and oxygen atoms in total. The zero-order valence-corrected chi connectivity index (χ0v) is 14.1. The van der Waals surface area contributed by atoms with Gasteiger partial charge in [0.05, 0.1) is 0 Å². The number of halogens is 1. The Kier molecular flexibility index (Phi) is 4.03. The van der Waals surface area contributed by atoms with Crippen molar-refractivity contribution in [3.05, 3.63) is 46.8 Å². The van der Waals surface area contributed by atoms with Crippen molar-refractivity contribution >= 4 is 5.91 Å². The molecule has 4 rings (SSSR count). The molecule has 0 radical (unpaired) electrons. The summed E-state index contributed by atoms with van der Waals surface area (Å²) in [6, 6.07) is 4.90. The molecule has 1 heterocycles. The smallest absolute Gasteiger partial charge is 0.251 e. The average molecular weight is 344 g/mol. The van der Waals surface area contributed by atoms with E-state index in [0.29, 0.717) is 23.0 Å². The molecule has 0 aliphatic heterocycles. The number of benzene rings is 1. The number of aliphatic hydroxyl groups excluding tert-OH is 1. The van der Waals surface area contributed by atoms with Crippen LogP contribution in [0, 0.1) is 12.7 Å². The zero-order chi connectivity index (χ0) is 17.6. The number of hydrogen-bond donors (Lipinski definition) is 2. The molecule has 0 atom stereocenters. The fourth-order valence-electron chi connectivity index (χ4n) is 3.46. The van der Waals surface area contributed by atoms with E-state index in [9.17, 15) is 14.3 Å². The molecule has 1 amide bonds. The van der Waals surface area contributed by atoms with Crippen molar-refractivity contribution in [3.63, 3.8) is 0 Å². The monoisotopic (exact) mass is 344 g/mol. The van der Waals surface area contributed by atoms with Crippen molar-refractivity contribution in [2.24, 2.45) is 0 Å². The van der Waals surface area contributed by atoms with Crippen LogP contribution in [0.4, 0.5) is 4.39 Å². The predicted octanol–water partition coefficient (Wildman–Crippen LogP) is 2.23. The van der Waals surface area contributed by atoms with Gasteiger partial charge in [0.15, 0.2) is 5.82 Å². The van der Waals surface area contributed by atoms with Crippen LogP contribution in [0.15, 0.2) is 18.2 Å². The number of hydrogen-bond acceptors (Lipinski definition) is 4. The number of rotatable bonds is 5. The lowest BCUT2D eigenvalue weighted by molar-refractivity contribution is 0.0906. The Bertz CT molecular complexity index is 809. The van der Waals surface area contributed by atoms with Gasteiger partial charge in [0.2, 0.25) is 0 Å². The Balaban J connectivity index is 1.38. The summed E-state index contributed by atoms with van der Waals surface area (Å²) in [4.78, 5) is 12.3. The minimum absolute atomic E-state index is 0.0878. The van der Waals surface area contributed by atoms with Gasteiger partial charge in [0.1, 0.15) is 18.2 Å². The van der Waals surface area contributed by atoms with Gasteiger partial charge < -0.3 is 15.0 Å². The fourth-order valence-corrected chi connectivity index (χ4v) is 3.46. The summed E-state index contributed by atoms with van der Waals surface area (Å²) in [7, 11) is 0. The summed E-state index contributed by atoms with van der Waals surface area (Å²) in [5, 5.41) is 20.8. The minimum atomic E-state index is -0.306. The highest BCUT2D eigenvalue weighted by atomic mass is 19.1. The molecule has 132 valence electrons. The van der Waals surface area contributed by atoms with E-state index in [2.05, 4.69) is 20.1 Å². The van der Waals surface area contributed by atoms with Crippen LogP contribution in [-0.2, 0) is 6.61 Å². The van der Waals surface area contributed by atoms with Crippen LogP contribution >= 0.6 is 0 Å². The SMILES string of the molecule is Cc1cc(C(=O)NC2CC(c3nnc(CO)n3C3CC3)C2)ccc1F. The van der Waals surface area contributed by atoms with Gasteiger partial charge in [-0.1, -0.05) is 0 Å². The third-order valence-corrected chi connectivity index (χ3v) is 5.10.